The molecule has 0 bridgehead atoms. The summed E-state index contributed by atoms with van der Waals surface area (Å²) in [5.41, 5.74) is 0.410. The Morgan fingerprint density at radius 3 is 2.57 bits per heavy atom. The first-order chi connectivity index (χ1) is 10.2. The molecule has 0 radical (unpaired) electrons. The Kier molecular flexibility index (Phi) is 6.04. The molecule has 1 fully saturated rings. The minimum atomic E-state index is -0.692. The van der Waals surface area contributed by atoms with Gasteiger partial charge in [0.15, 0.2) is 0 Å². The van der Waals surface area contributed by atoms with Crippen molar-refractivity contribution in [3.8, 4) is 5.75 Å². The number of aliphatic hydroxyl groups excluding tert-OH is 1. The molecule has 0 saturated heterocycles. The van der Waals surface area contributed by atoms with Crippen molar-refractivity contribution in [1.82, 2.24) is 0 Å². The second-order valence-electron chi connectivity index (χ2n) is 6.26. The molecule has 0 aromatic heterocycles. The Bertz CT molecular complexity index is 439. The predicted octanol–water partition coefficient (Wildman–Crippen LogP) is 4.86. The summed E-state index contributed by atoms with van der Waals surface area (Å²) < 4.78 is 19.1. The monoisotopic (exact) mass is 294 g/mol. The van der Waals surface area contributed by atoms with Crippen molar-refractivity contribution in [3.05, 3.63) is 29.6 Å². The minimum absolute atomic E-state index is 0.186. The molecule has 1 unspecified atom stereocenters. The van der Waals surface area contributed by atoms with Crippen molar-refractivity contribution in [2.45, 2.75) is 58.0 Å². The number of hydrogen-bond donors (Lipinski definition) is 1. The van der Waals surface area contributed by atoms with Gasteiger partial charge in [-0.05, 0) is 36.8 Å². The van der Waals surface area contributed by atoms with Crippen LogP contribution in [0.4, 0.5) is 4.39 Å². The molecule has 0 spiro atoms. The molecule has 1 aliphatic carbocycles. The van der Waals surface area contributed by atoms with Crippen LogP contribution < -0.4 is 4.74 Å². The van der Waals surface area contributed by atoms with Gasteiger partial charge in [-0.2, -0.15) is 0 Å². The second kappa shape index (κ2) is 7.79. The van der Waals surface area contributed by atoms with E-state index in [0.29, 0.717) is 11.3 Å². The summed E-state index contributed by atoms with van der Waals surface area (Å²) in [6, 6.07) is 4.72. The van der Waals surface area contributed by atoms with Crippen molar-refractivity contribution in [2.75, 3.05) is 7.11 Å². The normalized spacial score (nSPS) is 23.8. The quantitative estimate of drug-likeness (QED) is 0.811. The molecule has 1 aliphatic rings. The molecule has 1 aromatic carbocycles. The molecule has 21 heavy (non-hydrogen) atoms. The lowest BCUT2D eigenvalue weighted by Crippen LogP contribution is -2.21. The molecule has 1 saturated carbocycles. The molecule has 2 rings (SSSR count). The third-order valence-corrected chi connectivity index (χ3v) is 4.83. The van der Waals surface area contributed by atoms with Crippen molar-refractivity contribution in [1.29, 1.82) is 0 Å². The van der Waals surface area contributed by atoms with E-state index in [1.54, 1.807) is 12.1 Å². The summed E-state index contributed by atoms with van der Waals surface area (Å²) >= 11 is 0. The van der Waals surface area contributed by atoms with Gasteiger partial charge in [0, 0.05) is 11.6 Å². The number of aliphatic hydroxyl groups is 1. The van der Waals surface area contributed by atoms with Crippen LogP contribution in [-0.2, 0) is 0 Å². The first-order valence-electron chi connectivity index (χ1n) is 8.17. The lowest BCUT2D eigenvalue weighted by Gasteiger charge is -2.31. The van der Waals surface area contributed by atoms with Gasteiger partial charge in [-0.25, -0.2) is 4.39 Å². The Morgan fingerprint density at radius 1 is 1.29 bits per heavy atom. The average molecular weight is 294 g/mol. The first-order valence-corrected chi connectivity index (χ1v) is 8.17. The van der Waals surface area contributed by atoms with Crippen molar-refractivity contribution in [2.24, 2.45) is 11.8 Å². The molecule has 1 aromatic rings. The fraction of sp³-hybridized carbons (Fsp3) is 0.667. The van der Waals surface area contributed by atoms with Gasteiger partial charge >= 0.3 is 0 Å². The number of rotatable bonds is 6. The van der Waals surface area contributed by atoms with Crippen LogP contribution >= 0.6 is 0 Å². The van der Waals surface area contributed by atoms with Crippen LogP contribution in [0.1, 0.15) is 63.5 Å². The number of methoxy groups -OCH3 is 1. The van der Waals surface area contributed by atoms with Crippen LogP contribution in [0.25, 0.3) is 0 Å². The van der Waals surface area contributed by atoms with E-state index < -0.39 is 6.10 Å². The van der Waals surface area contributed by atoms with Crippen molar-refractivity contribution >= 4 is 0 Å². The van der Waals surface area contributed by atoms with E-state index in [9.17, 15) is 9.50 Å². The molecular formula is C18H27FO2. The number of unbranched alkanes of at least 4 members (excludes halogenated alkanes) is 1. The van der Waals surface area contributed by atoms with Gasteiger partial charge in [0.1, 0.15) is 11.6 Å². The molecule has 2 nitrogen and oxygen atoms in total. The molecule has 1 N–H and O–H groups in total. The first kappa shape index (κ1) is 16.3. The zero-order chi connectivity index (χ0) is 15.2. The van der Waals surface area contributed by atoms with E-state index in [-0.39, 0.29) is 11.7 Å². The summed E-state index contributed by atoms with van der Waals surface area (Å²) in [4.78, 5) is 0. The van der Waals surface area contributed by atoms with Crippen LogP contribution in [-0.4, -0.2) is 12.2 Å². The average Bonchev–Trinajstić information content (AvgIpc) is 2.52. The van der Waals surface area contributed by atoms with E-state index in [0.717, 1.165) is 18.8 Å². The van der Waals surface area contributed by atoms with Gasteiger partial charge in [0.05, 0.1) is 13.2 Å². The molecule has 0 heterocycles. The van der Waals surface area contributed by atoms with Gasteiger partial charge < -0.3 is 9.84 Å². The van der Waals surface area contributed by atoms with Gasteiger partial charge in [-0.15, -0.1) is 0 Å². The number of benzene rings is 1. The molecule has 118 valence electrons. The number of ether oxygens (including phenoxy) is 1. The van der Waals surface area contributed by atoms with E-state index in [2.05, 4.69) is 6.92 Å². The smallest absolute Gasteiger partial charge is 0.132 e. The van der Waals surface area contributed by atoms with Crippen LogP contribution in [0.5, 0.6) is 5.75 Å². The summed E-state index contributed by atoms with van der Waals surface area (Å²) in [5.74, 6) is 1.11. The Morgan fingerprint density at radius 2 is 2.00 bits per heavy atom. The minimum Gasteiger partial charge on any atom is -0.497 e. The summed E-state index contributed by atoms with van der Waals surface area (Å²) in [7, 11) is 1.52. The van der Waals surface area contributed by atoms with E-state index in [1.165, 1.54) is 45.3 Å². The summed E-state index contributed by atoms with van der Waals surface area (Å²) in [6.45, 7) is 2.22. The van der Waals surface area contributed by atoms with Crippen LogP contribution in [0.15, 0.2) is 18.2 Å². The van der Waals surface area contributed by atoms with E-state index in [1.807, 2.05) is 0 Å². The SMILES string of the molecule is CCCCC1CCC(C(O)c2ccc(OC)cc2F)CC1. The largest absolute Gasteiger partial charge is 0.497 e. The van der Waals surface area contributed by atoms with Gasteiger partial charge in [0.25, 0.3) is 0 Å². The summed E-state index contributed by atoms with van der Waals surface area (Å²) in [5, 5.41) is 10.5. The Hall–Kier alpha value is -1.09. The van der Waals surface area contributed by atoms with Crippen LogP contribution in [0.2, 0.25) is 0 Å². The lowest BCUT2D eigenvalue weighted by atomic mass is 9.76. The van der Waals surface area contributed by atoms with Crippen LogP contribution in [0, 0.1) is 17.7 Å². The zero-order valence-electron chi connectivity index (χ0n) is 13.1. The maximum absolute atomic E-state index is 14.0. The van der Waals surface area contributed by atoms with Gasteiger partial charge in [-0.3, -0.25) is 0 Å². The molecule has 0 amide bonds. The maximum atomic E-state index is 14.0. The highest BCUT2D eigenvalue weighted by Gasteiger charge is 2.28. The van der Waals surface area contributed by atoms with E-state index in [4.69, 9.17) is 4.74 Å². The lowest BCUT2D eigenvalue weighted by molar-refractivity contribution is 0.0691. The molecule has 3 heteroatoms. The van der Waals surface area contributed by atoms with Gasteiger partial charge in [-0.1, -0.05) is 39.0 Å². The molecule has 1 atom stereocenters. The second-order valence-corrected chi connectivity index (χ2v) is 6.26. The van der Waals surface area contributed by atoms with E-state index >= 15 is 0 Å². The topological polar surface area (TPSA) is 29.5 Å². The van der Waals surface area contributed by atoms with Crippen molar-refractivity contribution < 1.29 is 14.2 Å². The highest BCUT2D eigenvalue weighted by atomic mass is 19.1. The zero-order valence-corrected chi connectivity index (χ0v) is 13.1. The Labute approximate surface area is 127 Å². The summed E-state index contributed by atoms with van der Waals surface area (Å²) in [6.07, 6.45) is 7.49. The standard InChI is InChI=1S/C18H27FO2/c1-3-4-5-13-6-8-14(9-7-13)18(20)16-11-10-15(21-2)12-17(16)19/h10-14,18,20H,3-9H2,1-2H3. The highest BCUT2D eigenvalue weighted by molar-refractivity contribution is 5.30. The fourth-order valence-corrected chi connectivity index (χ4v) is 3.41. The number of halogens is 1. The third kappa shape index (κ3) is 4.19. The maximum Gasteiger partial charge on any atom is 0.132 e. The molecule has 0 aliphatic heterocycles. The van der Waals surface area contributed by atoms with Gasteiger partial charge in [0.2, 0.25) is 0 Å². The fourth-order valence-electron chi connectivity index (χ4n) is 3.41. The predicted molar refractivity (Wildman–Crippen MR) is 82.9 cm³/mol. The molecular weight excluding hydrogens is 267 g/mol. The number of hydrogen-bond acceptors (Lipinski definition) is 2. The Balaban J connectivity index is 1.94. The van der Waals surface area contributed by atoms with Crippen LogP contribution in [0.3, 0.4) is 0 Å². The van der Waals surface area contributed by atoms with Crippen molar-refractivity contribution in [3.63, 3.8) is 0 Å². The highest BCUT2D eigenvalue weighted by Crippen LogP contribution is 2.39. The third-order valence-electron chi connectivity index (χ3n) is 4.83.